The first-order valence-corrected chi connectivity index (χ1v) is 6.54. The molecule has 0 aromatic carbocycles. The molecule has 1 aromatic rings. The van der Waals surface area contributed by atoms with Gasteiger partial charge in [0, 0.05) is 5.75 Å². The smallest absolute Gasteiger partial charge is 0.151 e. The summed E-state index contributed by atoms with van der Waals surface area (Å²) in [6, 6.07) is 1.78. The van der Waals surface area contributed by atoms with Crippen molar-refractivity contribution in [2.24, 2.45) is 0 Å². The number of aryl methyl sites for hydroxylation is 1. The molecule has 1 rings (SSSR count). The predicted molar refractivity (Wildman–Crippen MR) is 54.3 cm³/mol. The molecule has 6 heteroatoms. The van der Waals surface area contributed by atoms with Crippen molar-refractivity contribution in [1.29, 1.82) is 0 Å². The topological polar surface area (TPSA) is 52.0 Å². The van der Waals surface area contributed by atoms with Gasteiger partial charge in [-0.05, 0) is 22.0 Å². The molecule has 0 aliphatic rings. The first-order chi connectivity index (χ1) is 6.05. The lowest BCUT2D eigenvalue weighted by molar-refractivity contribution is 0.579. The van der Waals surface area contributed by atoms with Gasteiger partial charge in [0.1, 0.15) is 4.60 Å². The highest BCUT2D eigenvalue weighted by molar-refractivity contribution is 9.10. The fourth-order valence-electron chi connectivity index (χ4n) is 0.851. The lowest BCUT2D eigenvalue weighted by Crippen LogP contribution is -2.15. The van der Waals surface area contributed by atoms with Gasteiger partial charge in [0.15, 0.2) is 9.84 Å². The molecule has 0 bridgehead atoms. The first kappa shape index (κ1) is 10.7. The van der Waals surface area contributed by atoms with Crippen molar-refractivity contribution >= 4 is 25.8 Å². The van der Waals surface area contributed by atoms with E-state index in [0.29, 0.717) is 6.54 Å². The molecule has 13 heavy (non-hydrogen) atoms. The van der Waals surface area contributed by atoms with E-state index in [4.69, 9.17) is 0 Å². The number of aromatic nitrogens is 2. The second-order valence-corrected chi connectivity index (χ2v) is 5.90. The molecular weight excluding hydrogens is 256 g/mol. The minimum absolute atomic E-state index is 0.143. The second kappa shape index (κ2) is 4.23. The third-order valence-corrected chi connectivity index (χ3v) is 4.08. The fraction of sp³-hybridized carbons (Fsp3) is 0.571. The number of halogens is 1. The standard InChI is InChI=1S/C7H11BrN2O2S/c1-2-13(11,12)6-5-10-7(8)3-4-9-10/h3-4H,2,5-6H2,1H3. The van der Waals surface area contributed by atoms with Gasteiger partial charge < -0.3 is 0 Å². The zero-order valence-corrected chi connectivity index (χ0v) is 9.68. The lowest BCUT2D eigenvalue weighted by atomic mass is 10.7. The van der Waals surface area contributed by atoms with Crippen LogP contribution in [0.2, 0.25) is 0 Å². The highest BCUT2D eigenvalue weighted by Crippen LogP contribution is 2.07. The van der Waals surface area contributed by atoms with Crippen LogP contribution in [0.1, 0.15) is 6.92 Å². The summed E-state index contributed by atoms with van der Waals surface area (Å²) in [5.41, 5.74) is 0. The highest BCUT2D eigenvalue weighted by Gasteiger charge is 2.08. The van der Waals surface area contributed by atoms with Gasteiger partial charge in [-0.1, -0.05) is 6.92 Å². The molecule has 0 unspecified atom stereocenters. The van der Waals surface area contributed by atoms with E-state index in [0.717, 1.165) is 4.60 Å². The summed E-state index contributed by atoms with van der Waals surface area (Å²) < 4.78 is 24.7. The summed E-state index contributed by atoms with van der Waals surface area (Å²) in [4.78, 5) is 0. The van der Waals surface area contributed by atoms with Crippen LogP contribution in [0.15, 0.2) is 16.9 Å². The Balaban J connectivity index is 2.58. The van der Waals surface area contributed by atoms with Gasteiger partial charge in [-0.15, -0.1) is 0 Å². The molecule has 4 nitrogen and oxygen atoms in total. The summed E-state index contributed by atoms with van der Waals surface area (Å²) in [5, 5.41) is 3.96. The zero-order valence-electron chi connectivity index (χ0n) is 7.27. The van der Waals surface area contributed by atoms with Crippen molar-refractivity contribution < 1.29 is 8.42 Å². The van der Waals surface area contributed by atoms with Crippen molar-refractivity contribution in [2.75, 3.05) is 11.5 Å². The van der Waals surface area contributed by atoms with Crippen LogP contribution in [0.25, 0.3) is 0 Å². The molecule has 0 saturated carbocycles. The van der Waals surface area contributed by atoms with Gasteiger partial charge in [0.05, 0.1) is 18.5 Å². The molecule has 0 fully saturated rings. The summed E-state index contributed by atoms with van der Waals surface area (Å²) in [6.45, 7) is 2.05. The molecule has 0 radical (unpaired) electrons. The molecule has 0 aliphatic carbocycles. The summed E-state index contributed by atoms with van der Waals surface area (Å²) >= 11 is 3.26. The average Bonchev–Trinajstić information content (AvgIpc) is 2.48. The SMILES string of the molecule is CCS(=O)(=O)CCn1nccc1Br. The summed E-state index contributed by atoms with van der Waals surface area (Å²) in [5.74, 6) is 0.329. The number of sulfone groups is 1. The van der Waals surface area contributed by atoms with Crippen LogP contribution in [0, 0.1) is 0 Å². The van der Waals surface area contributed by atoms with Crippen LogP contribution in [-0.2, 0) is 16.4 Å². The van der Waals surface area contributed by atoms with Crippen molar-refractivity contribution in [3.63, 3.8) is 0 Å². The fourth-order valence-corrected chi connectivity index (χ4v) is 1.98. The number of nitrogens with zero attached hydrogens (tertiary/aromatic N) is 2. The maximum Gasteiger partial charge on any atom is 0.151 e. The van der Waals surface area contributed by atoms with E-state index in [2.05, 4.69) is 21.0 Å². The van der Waals surface area contributed by atoms with Crippen molar-refractivity contribution in [2.45, 2.75) is 13.5 Å². The van der Waals surface area contributed by atoms with Crippen LogP contribution in [0.5, 0.6) is 0 Å². The lowest BCUT2D eigenvalue weighted by Gasteiger charge is -2.02. The normalized spacial score (nSPS) is 11.8. The number of hydrogen-bond acceptors (Lipinski definition) is 3. The van der Waals surface area contributed by atoms with E-state index in [1.165, 1.54) is 0 Å². The largest absolute Gasteiger partial charge is 0.257 e. The van der Waals surface area contributed by atoms with Crippen molar-refractivity contribution in [3.8, 4) is 0 Å². The van der Waals surface area contributed by atoms with Crippen LogP contribution < -0.4 is 0 Å². The molecule has 74 valence electrons. The van der Waals surface area contributed by atoms with Crippen LogP contribution >= 0.6 is 15.9 Å². The molecule has 0 spiro atoms. The van der Waals surface area contributed by atoms with E-state index in [1.54, 1.807) is 23.9 Å². The van der Waals surface area contributed by atoms with E-state index >= 15 is 0 Å². The summed E-state index contributed by atoms with van der Waals surface area (Å²) in [6.07, 6.45) is 1.63. The third-order valence-electron chi connectivity index (χ3n) is 1.72. The van der Waals surface area contributed by atoms with E-state index in [1.807, 2.05) is 0 Å². The monoisotopic (exact) mass is 266 g/mol. The molecule has 1 aromatic heterocycles. The molecule has 0 atom stereocenters. The quantitative estimate of drug-likeness (QED) is 0.820. The Hall–Kier alpha value is -0.360. The Labute approximate surface area is 86.0 Å². The third kappa shape index (κ3) is 3.11. The van der Waals surface area contributed by atoms with Gasteiger partial charge in [0.25, 0.3) is 0 Å². The minimum atomic E-state index is -2.89. The average molecular weight is 267 g/mol. The van der Waals surface area contributed by atoms with Gasteiger partial charge in [-0.3, -0.25) is 4.68 Å². The van der Waals surface area contributed by atoms with Gasteiger partial charge in [-0.2, -0.15) is 5.10 Å². The molecule has 0 saturated heterocycles. The van der Waals surface area contributed by atoms with Crippen LogP contribution in [-0.4, -0.2) is 29.7 Å². The molecule has 0 N–H and O–H groups in total. The van der Waals surface area contributed by atoms with Crippen LogP contribution in [0.3, 0.4) is 0 Å². The Bertz CT molecular complexity index is 372. The van der Waals surface area contributed by atoms with E-state index in [-0.39, 0.29) is 11.5 Å². The Morgan fingerprint density at radius 1 is 1.62 bits per heavy atom. The van der Waals surface area contributed by atoms with Crippen molar-refractivity contribution in [1.82, 2.24) is 9.78 Å². The zero-order chi connectivity index (χ0) is 9.90. The Morgan fingerprint density at radius 2 is 2.31 bits per heavy atom. The van der Waals surface area contributed by atoms with Gasteiger partial charge in [-0.25, -0.2) is 8.42 Å². The molecule has 1 heterocycles. The number of rotatable bonds is 4. The Morgan fingerprint density at radius 3 is 2.77 bits per heavy atom. The van der Waals surface area contributed by atoms with Gasteiger partial charge in [0.2, 0.25) is 0 Å². The second-order valence-electron chi connectivity index (χ2n) is 2.61. The van der Waals surface area contributed by atoms with Gasteiger partial charge >= 0.3 is 0 Å². The van der Waals surface area contributed by atoms with Crippen LogP contribution in [0.4, 0.5) is 0 Å². The van der Waals surface area contributed by atoms with E-state index in [9.17, 15) is 8.42 Å². The predicted octanol–water partition coefficient (Wildman–Crippen LogP) is 1.08. The number of hydrogen-bond donors (Lipinski definition) is 0. The van der Waals surface area contributed by atoms with Crippen molar-refractivity contribution in [3.05, 3.63) is 16.9 Å². The summed E-state index contributed by atoms with van der Waals surface area (Å²) in [7, 11) is -2.89. The maximum absolute atomic E-state index is 11.1. The minimum Gasteiger partial charge on any atom is -0.257 e. The first-order valence-electron chi connectivity index (χ1n) is 3.93. The maximum atomic E-state index is 11.1. The molecule has 0 amide bonds. The Kier molecular flexibility index (Phi) is 3.49. The molecular formula is C7H11BrN2O2S. The highest BCUT2D eigenvalue weighted by atomic mass is 79.9. The van der Waals surface area contributed by atoms with E-state index < -0.39 is 9.84 Å². The molecule has 0 aliphatic heterocycles.